The van der Waals surface area contributed by atoms with E-state index >= 15 is 0 Å². The zero-order valence-corrected chi connectivity index (χ0v) is 27.1. The molecule has 0 fully saturated rings. The average molecular weight is 637 g/mol. The normalized spacial score (nSPS) is 10.7. The lowest BCUT2D eigenvalue weighted by atomic mass is 9.73. The van der Waals surface area contributed by atoms with E-state index in [0.29, 0.717) is 22.3 Å². The highest BCUT2D eigenvalue weighted by atomic mass is 16.4. The number of rotatable bonds is 6. The van der Waals surface area contributed by atoms with E-state index in [4.69, 9.17) is 0 Å². The van der Waals surface area contributed by atoms with Crippen LogP contribution in [0.1, 0.15) is 67.9 Å². The summed E-state index contributed by atoms with van der Waals surface area (Å²) in [6.45, 7) is 3.88. The van der Waals surface area contributed by atoms with Crippen LogP contribution in [0.3, 0.4) is 0 Å². The van der Waals surface area contributed by atoms with Crippen molar-refractivity contribution in [1.29, 1.82) is 0 Å². The molecule has 0 radical (unpaired) electrons. The maximum atomic E-state index is 12.5. The van der Waals surface area contributed by atoms with Crippen LogP contribution in [-0.2, 0) is 5.41 Å². The standard InChI is InChI=1S/C45H32O4/c1-45(2,41-23-11-21-39(43(46)47)37(41)27-25-31-13-9-19-35(29-31)33-15-5-3-6-16-33)42-24-12-22-40(44(48)49)38(42)28-26-32-14-10-20-36(30-32)34-17-7-4-8-18-34/h3-24,29-30H,1-2H3,(H,46,47)(H,48,49). The van der Waals surface area contributed by atoms with Gasteiger partial charge in [0.15, 0.2) is 0 Å². The van der Waals surface area contributed by atoms with Crippen molar-refractivity contribution in [3.05, 3.63) is 190 Å². The first-order valence-corrected chi connectivity index (χ1v) is 15.8. The summed E-state index contributed by atoms with van der Waals surface area (Å²) in [6, 6.07) is 45.7. The van der Waals surface area contributed by atoms with Crippen LogP contribution in [0.5, 0.6) is 0 Å². The maximum Gasteiger partial charge on any atom is 0.336 e. The summed E-state index contributed by atoms with van der Waals surface area (Å²) in [6.07, 6.45) is 0. The Morgan fingerprint density at radius 1 is 0.449 bits per heavy atom. The Balaban J connectivity index is 1.47. The van der Waals surface area contributed by atoms with Crippen LogP contribution in [0.15, 0.2) is 146 Å². The summed E-state index contributed by atoms with van der Waals surface area (Å²) >= 11 is 0. The molecule has 0 spiro atoms. The molecule has 2 N–H and O–H groups in total. The first-order chi connectivity index (χ1) is 23.7. The van der Waals surface area contributed by atoms with Crippen molar-refractivity contribution in [3.63, 3.8) is 0 Å². The molecule has 0 heterocycles. The molecule has 0 saturated carbocycles. The van der Waals surface area contributed by atoms with E-state index in [1.54, 1.807) is 24.3 Å². The lowest BCUT2D eigenvalue weighted by Gasteiger charge is -2.29. The van der Waals surface area contributed by atoms with Gasteiger partial charge in [0.25, 0.3) is 0 Å². The molecule has 0 aliphatic carbocycles. The van der Waals surface area contributed by atoms with E-state index in [9.17, 15) is 19.8 Å². The highest BCUT2D eigenvalue weighted by Crippen LogP contribution is 2.37. The van der Waals surface area contributed by atoms with Crippen LogP contribution >= 0.6 is 0 Å². The predicted molar refractivity (Wildman–Crippen MR) is 195 cm³/mol. The van der Waals surface area contributed by atoms with E-state index in [2.05, 4.69) is 23.7 Å². The van der Waals surface area contributed by atoms with Gasteiger partial charge in [-0.15, -0.1) is 0 Å². The second-order valence-electron chi connectivity index (χ2n) is 12.1. The fraction of sp³-hybridized carbons (Fsp3) is 0.0667. The lowest BCUT2D eigenvalue weighted by molar-refractivity contribution is 0.0685. The number of hydrogen-bond acceptors (Lipinski definition) is 2. The lowest BCUT2D eigenvalue weighted by Crippen LogP contribution is -2.24. The Labute approximate surface area is 286 Å². The fourth-order valence-corrected chi connectivity index (χ4v) is 6.00. The zero-order chi connectivity index (χ0) is 34.4. The highest BCUT2D eigenvalue weighted by molar-refractivity contribution is 5.93. The maximum absolute atomic E-state index is 12.5. The van der Waals surface area contributed by atoms with Gasteiger partial charge in [-0.25, -0.2) is 9.59 Å². The molecule has 0 aliphatic heterocycles. The van der Waals surface area contributed by atoms with E-state index < -0.39 is 17.4 Å². The molecule has 0 aliphatic rings. The number of carboxylic acid groups (broad SMARTS) is 2. The smallest absolute Gasteiger partial charge is 0.336 e. The molecule has 0 aromatic heterocycles. The summed E-state index contributed by atoms with van der Waals surface area (Å²) in [7, 11) is 0. The van der Waals surface area contributed by atoms with Crippen molar-refractivity contribution in [3.8, 4) is 45.9 Å². The molecular formula is C45H32O4. The van der Waals surface area contributed by atoms with Crippen LogP contribution in [0, 0.1) is 23.7 Å². The van der Waals surface area contributed by atoms with Gasteiger partial charge in [-0.3, -0.25) is 0 Å². The number of carbonyl (C=O) groups is 2. The van der Waals surface area contributed by atoms with Crippen molar-refractivity contribution in [2.75, 3.05) is 0 Å². The summed E-state index contributed by atoms with van der Waals surface area (Å²) in [5.41, 5.74) is 6.86. The van der Waals surface area contributed by atoms with E-state index in [0.717, 1.165) is 33.4 Å². The van der Waals surface area contributed by atoms with Gasteiger partial charge < -0.3 is 10.2 Å². The molecule has 236 valence electrons. The fourth-order valence-electron chi connectivity index (χ4n) is 6.00. The Kier molecular flexibility index (Phi) is 9.25. The van der Waals surface area contributed by atoms with Crippen molar-refractivity contribution in [2.45, 2.75) is 19.3 Å². The quantitative estimate of drug-likeness (QED) is 0.179. The molecule has 0 amide bonds. The number of aromatic carboxylic acids is 2. The molecule has 0 saturated heterocycles. The number of carboxylic acids is 2. The highest BCUT2D eigenvalue weighted by Gasteiger charge is 2.31. The van der Waals surface area contributed by atoms with Gasteiger partial charge in [-0.1, -0.05) is 147 Å². The molecule has 4 heteroatoms. The third-order valence-electron chi connectivity index (χ3n) is 8.54. The van der Waals surface area contributed by atoms with Crippen molar-refractivity contribution in [1.82, 2.24) is 0 Å². The molecule has 6 rings (SSSR count). The van der Waals surface area contributed by atoms with Crippen LogP contribution in [-0.4, -0.2) is 22.2 Å². The summed E-state index contributed by atoms with van der Waals surface area (Å²) in [4.78, 5) is 25.0. The largest absolute Gasteiger partial charge is 0.478 e. The van der Waals surface area contributed by atoms with Crippen LogP contribution in [0.25, 0.3) is 22.3 Å². The third kappa shape index (κ3) is 7.05. The molecule has 0 unspecified atom stereocenters. The summed E-state index contributed by atoms with van der Waals surface area (Å²) in [5.74, 6) is 10.6. The summed E-state index contributed by atoms with van der Waals surface area (Å²) in [5, 5.41) is 20.5. The Morgan fingerprint density at radius 3 is 1.20 bits per heavy atom. The predicted octanol–water partition coefficient (Wildman–Crippen LogP) is 9.54. The van der Waals surface area contributed by atoms with Gasteiger partial charge in [-0.05, 0) is 69.8 Å². The van der Waals surface area contributed by atoms with Crippen molar-refractivity contribution >= 4 is 11.9 Å². The van der Waals surface area contributed by atoms with Crippen LogP contribution in [0.4, 0.5) is 0 Å². The first kappa shape index (κ1) is 32.3. The Bertz CT molecular complexity index is 2150. The van der Waals surface area contributed by atoms with Crippen LogP contribution in [0.2, 0.25) is 0 Å². The first-order valence-electron chi connectivity index (χ1n) is 15.8. The SMILES string of the molecule is CC(C)(c1cccc(C(=O)O)c1C#Cc1cccc(-c2ccccc2)c1)c1cccc(C(=O)O)c1C#Cc1cccc(-c2ccccc2)c1. The average Bonchev–Trinajstić information content (AvgIpc) is 3.13. The third-order valence-corrected chi connectivity index (χ3v) is 8.54. The molecule has 0 atom stereocenters. The zero-order valence-electron chi connectivity index (χ0n) is 27.1. The minimum Gasteiger partial charge on any atom is -0.478 e. The van der Waals surface area contributed by atoms with Crippen molar-refractivity contribution < 1.29 is 19.8 Å². The van der Waals surface area contributed by atoms with E-state index in [1.165, 1.54) is 0 Å². The van der Waals surface area contributed by atoms with E-state index in [1.807, 2.05) is 135 Å². The second-order valence-corrected chi connectivity index (χ2v) is 12.1. The summed E-state index contributed by atoms with van der Waals surface area (Å²) < 4.78 is 0. The van der Waals surface area contributed by atoms with Crippen molar-refractivity contribution in [2.24, 2.45) is 0 Å². The Morgan fingerprint density at radius 2 is 0.816 bits per heavy atom. The molecule has 6 aromatic rings. The molecular weight excluding hydrogens is 604 g/mol. The van der Waals surface area contributed by atoms with E-state index in [-0.39, 0.29) is 11.1 Å². The molecule has 6 aromatic carbocycles. The van der Waals surface area contributed by atoms with Gasteiger partial charge in [-0.2, -0.15) is 0 Å². The van der Waals surface area contributed by atoms with Gasteiger partial charge >= 0.3 is 11.9 Å². The molecule has 4 nitrogen and oxygen atoms in total. The monoisotopic (exact) mass is 636 g/mol. The topological polar surface area (TPSA) is 74.6 Å². The van der Waals surface area contributed by atoms with Gasteiger partial charge in [0.1, 0.15) is 0 Å². The second kappa shape index (κ2) is 14.0. The van der Waals surface area contributed by atoms with Gasteiger partial charge in [0.2, 0.25) is 0 Å². The van der Waals surface area contributed by atoms with Gasteiger partial charge in [0.05, 0.1) is 11.1 Å². The van der Waals surface area contributed by atoms with Gasteiger partial charge in [0, 0.05) is 27.7 Å². The number of benzene rings is 6. The Hall–Kier alpha value is -6.62. The minimum atomic E-state index is -1.10. The molecule has 0 bridgehead atoms. The minimum absolute atomic E-state index is 0.0667. The molecule has 49 heavy (non-hydrogen) atoms. The number of hydrogen-bond donors (Lipinski definition) is 2. The van der Waals surface area contributed by atoms with Crippen LogP contribution < -0.4 is 0 Å².